The van der Waals surface area contributed by atoms with E-state index in [2.05, 4.69) is 31.3 Å². The number of rotatable bonds is 6. The summed E-state index contributed by atoms with van der Waals surface area (Å²) in [5.41, 5.74) is 1.08. The van der Waals surface area contributed by atoms with Gasteiger partial charge in [0.05, 0.1) is 0 Å². The van der Waals surface area contributed by atoms with Crippen LogP contribution in [-0.2, 0) is 6.42 Å². The third kappa shape index (κ3) is 6.11. The van der Waals surface area contributed by atoms with Crippen LogP contribution < -0.4 is 5.32 Å². The molecule has 0 amide bonds. The highest BCUT2D eigenvalue weighted by molar-refractivity contribution is 6.33. The first-order valence-electron chi connectivity index (χ1n) is 5.92. The van der Waals surface area contributed by atoms with Crippen LogP contribution in [0, 0.1) is 0 Å². The number of hydrogen-bond donors (Lipinski definition) is 1. The molecule has 0 saturated heterocycles. The molecule has 94 valence electrons. The largest absolute Gasteiger partial charge is 0.314 e. The van der Waals surface area contributed by atoms with Gasteiger partial charge in [0.2, 0.25) is 0 Å². The minimum absolute atomic E-state index is 0.547. The van der Waals surface area contributed by atoms with E-state index in [9.17, 15) is 0 Å². The van der Waals surface area contributed by atoms with Crippen LogP contribution in [0.5, 0.6) is 0 Å². The smallest absolute Gasteiger partial charge is 0.0442 e. The van der Waals surface area contributed by atoms with Gasteiger partial charge in [-0.3, -0.25) is 0 Å². The van der Waals surface area contributed by atoms with E-state index in [1.165, 1.54) is 0 Å². The molecular formula is C14H19Cl2N. The minimum atomic E-state index is 0.547. The number of hydrogen-bond acceptors (Lipinski definition) is 1. The minimum Gasteiger partial charge on any atom is -0.314 e. The molecular weight excluding hydrogens is 253 g/mol. The van der Waals surface area contributed by atoms with E-state index in [0.29, 0.717) is 6.04 Å². The van der Waals surface area contributed by atoms with Gasteiger partial charge in [-0.25, -0.2) is 0 Å². The Bertz CT molecular complexity index is 372. The van der Waals surface area contributed by atoms with E-state index in [1.54, 1.807) is 0 Å². The first kappa shape index (κ1) is 14.6. The number of halogens is 2. The number of benzene rings is 1. The normalized spacial score (nSPS) is 11.6. The molecule has 1 aromatic rings. The molecule has 1 aromatic carbocycles. The lowest BCUT2D eigenvalue weighted by Crippen LogP contribution is -2.23. The summed E-state index contributed by atoms with van der Waals surface area (Å²) in [6.45, 7) is 5.31. The SMILES string of the molecule is CC(C)NCCC=CCc1cc(Cl)ccc1Cl. The van der Waals surface area contributed by atoms with Crippen LogP contribution in [0.4, 0.5) is 0 Å². The average Bonchev–Trinajstić information content (AvgIpc) is 2.27. The molecule has 3 heteroatoms. The summed E-state index contributed by atoms with van der Waals surface area (Å²) in [5.74, 6) is 0. The molecule has 0 aliphatic carbocycles. The van der Waals surface area contributed by atoms with Gasteiger partial charge < -0.3 is 5.32 Å². The Morgan fingerprint density at radius 2 is 2.00 bits per heavy atom. The Morgan fingerprint density at radius 1 is 1.24 bits per heavy atom. The lowest BCUT2D eigenvalue weighted by molar-refractivity contribution is 0.594. The Morgan fingerprint density at radius 3 is 2.71 bits per heavy atom. The molecule has 0 fully saturated rings. The van der Waals surface area contributed by atoms with E-state index in [1.807, 2.05) is 18.2 Å². The highest BCUT2D eigenvalue weighted by atomic mass is 35.5. The van der Waals surface area contributed by atoms with Crippen molar-refractivity contribution in [2.75, 3.05) is 6.54 Å². The molecule has 0 aliphatic rings. The summed E-state index contributed by atoms with van der Waals surface area (Å²) >= 11 is 12.0. The summed E-state index contributed by atoms with van der Waals surface area (Å²) in [6.07, 6.45) is 6.18. The molecule has 0 bridgehead atoms. The van der Waals surface area contributed by atoms with Crippen LogP contribution in [0.2, 0.25) is 10.0 Å². The molecule has 0 aliphatic heterocycles. The first-order chi connectivity index (χ1) is 8.09. The van der Waals surface area contributed by atoms with Crippen molar-refractivity contribution in [1.29, 1.82) is 0 Å². The Balaban J connectivity index is 2.34. The third-order valence-corrected chi connectivity index (χ3v) is 2.98. The highest BCUT2D eigenvalue weighted by Crippen LogP contribution is 2.21. The standard InChI is InChI=1S/C14H19Cl2N/c1-11(2)17-9-5-3-4-6-12-10-13(15)7-8-14(12)16/h3-4,7-8,10-11,17H,5-6,9H2,1-2H3. The Labute approximate surface area is 114 Å². The molecule has 0 saturated carbocycles. The summed E-state index contributed by atoms with van der Waals surface area (Å²) in [4.78, 5) is 0. The lowest BCUT2D eigenvalue weighted by atomic mass is 10.1. The predicted octanol–water partition coefficient (Wildman–Crippen LogP) is 4.48. The second-order valence-corrected chi connectivity index (χ2v) is 5.15. The fraction of sp³-hybridized carbons (Fsp3) is 0.429. The van der Waals surface area contributed by atoms with Gasteiger partial charge in [-0.2, -0.15) is 0 Å². The average molecular weight is 272 g/mol. The summed E-state index contributed by atoms with van der Waals surface area (Å²) in [5, 5.41) is 4.88. The third-order valence-electron chi connectivity index (χ3n) is 2.38. The highest BCUT2D eigenvalue weighted by Gasteiger charge is 1.98. The van der Waals surface area contributed by atoms with Crippen molar-refractivity contribution in [2.45, 2.75) is 32.7 Å². The zero-order chi connectivity index (χ0) is 12.7. The fourth-order valence-corrected chi connectivity index (χ4v) is 1.87. The second kappa shape index (κ2) is 7.75. The van der Waals surface area contributed by atoms with Gasteiger partial charge in [0.1, 0.15) is 0 Å². The molecule has 0 spiro atoms. The van der Waals surface area contributed by atoms with E-state index >= 15 is 0 Å². The van der Waals surface area contributed by atoms with Crippen molar-refractivity contribution < 1.29 is 0 Å². The van der Waals surface area contributed by atoms with Gasteiger partial charge in [0.25, 0.3) is 0 Å². The van der Waals surface area contributed by atoms with Crippen molar-refractivity contribution in [3.05, 3.63) is 46.0 Å². The quantitative estimate of drug-likeness (QED) is 0.594. The maximum Gasteiger partial charge on any atom is 0.0442 e. The zero-order valence-electron chi connectivity index (χ0n) is 10.3. The molecule has 17 heavy (non-hydrogen) atoms. The molecule has 1 N–H and O–H groups in total. The second-order valence-electron chi connectivity index (χ2n) is 4.31. The van der Waals surface area contributed by atoms with E-state index in [0.717, 1.165) is 35.0 Å². The van der Waals surface area contributed by atoms with Crippen LogP contribution in [0.1, 0.15) is 25.8 Å². The predicted molar refractivity (Wildman–Crippen MR) is 77.1 cm³/mol. The van der Waals surface area contributed by atoms with Crippen LogP contribution in [0.15, 0.2) is 30.4 Å². The van der Waals surface area contributed by atoms with Crippen LogP contribution >= 0.6 is 23.2 Å². The molecule has 1 nitrogen and oxygen atoms in total. The number of allylic oxidation sites excluding steroid dienone is 1. The summed E-state index contributed by atoms with van der Waals surface area (Å²) in [7, 11) is 0. The van der Waals surface area contributed by atoms with Gasteiger partial charge in [-0.1, -0.05) is 49.2 Å². The zero-order valence-corrected chi connectivity index (χ0v) is 11.9. The monoisotopic (exact) mass is 271 g/mol. The molecule has 1 rings (SSSR count). The summed E-state index contributed by atoms with van der Waals surface area (Å²) in [6, 6.07) is 6.11. The van der Waals surface area contributed by atoms with Crippen molar-refractivity contribution in [3.63, 3.8) is 0 Å². The van der Waals surface area contributed by atoms with Gasteiger partial charge in [0.15, 0.2) is 0 Å². The summed E-state index contributed by atoms with van der Waals surface area (Å²) < 4.78 is 0. The van der Waals surface area contributed by atoms with Gasteiger partial charge in [0, 0.05) is 16.1 Å². The first-order valence-corrected chi connectivity index (χ1v) is 6.67. The van der Waals surface area contributed by atoms with Crippen molar-refractivity contribution >= 4 is 23.2 Å². The van der Waals surface area contributed by atoms with Gasteiger partial charge in [-0.15, -0.1) is 0 Å². The van der Waals surface area contributed by atoms with Crippen LogP contribution in [-0.4, -0.2) is 12.6 Å². The molecule has 0 radical (unpaired) electrons. The molecule has 0 heterocycles. The van der Waals surface area contributed by atoms with E-state index < -0.39 is 0 Å². The van der Waals surface area contributed by atoms with E-state index in [4.69, 9.17) is 23.2 Å². The van der Waals surface area contributed by atoms with Crippen LogP contribution in [0.25, 0.3) is 0 Å². The maximum atomic E-state index is 6.07. The van der Waals surface area contributed by atoms with Gasteiger partial charge in [-0.05, 0) is 43.1 Å². The Kier molecular flexibility index (Phi) is 6.64. The Hall–Kier alpha value is -0.500. The maximum absolute atomic E-state index is 6.07. The van der Waals surface area contributed by atoms with Crippen LogP contribution in [0.3, 0.4) is 0 Å². The van der Waals surface area contributed by atoms with E-state index in [-0.39, 0.29) is 0 Å². The lowest BCUT2D eigenvalue weighted by Gasteiger charge is -2.05. The molecule has 0 atom stereocenters. The fourth-order valence-electron chi connectivity index (χ4n) is 1.48. The molecule has 0 unspecified atom stereocenters. The number of nitrogens with one attached hydrogen (secondary N) is 1. The van der Waals surface area contributed by atoms with Crippen molar-refractivity contribution in [3.8, 4) is 0 Å². The van der Waals surface area contributed by atoms with Gasteiger partial charge >= 0.3 is 0 Å². The topological polar surface area (TPSA) is 12.0 Å². The van der Waals surface area contributed by atoms with Crippen molar-refractivity contribution in [1.82, 2.24) is 5.32 Å². The van der Waals surface area contributed by atoms with Crippen molar-refractivity contribution in [2.24, 2.45) is 0 Å². The molecule has 0 aromatic heterocycles.